The van der Waals surface area contributed by atoms with Crippen LogP contribution in [0.1, 0.15) is 211 Å². The molecule has 2 heterocycles. The van der Waals surface area contributed by atoms with Gasteiger partial charge in [-0.25, -0.2) is 0 Å². The van der Waals surface area contributed by atoms with Crippen LogP contribution in [0.15, 0.2) is 384 Å². The maximum atomic E-state index is 20.8. The van der Waals surface area contributed by atoms with E-state index in [4.69, 9.17) is 0 Å². The van der Waals surface area contributed by atoms with Crippen LogP contribution in [0.2, 0.25) is 0 Å². The molecule has 676 valence electrons. The fourth-order valence-corrected chi connectivity index (χ4v) is 24.9. The number of nitrogens with zero attached hydrogens (tertiary/aromatic N) is 4. The first-order valence-electron chi connectivity index (χ1n) is 48.0. The lowest BCUT2D eigenvalue weighted by Crippen LogP contribution is -2.30. The normalized spacial score (nSPS) is 13.9. The zero-order valence-corrected chi connectivity index (χ0v) is 84.1. The Kier molecular flexibility index (Phi) is 22.8. The minimum Gasteiger partial charge on any atom is -0.311 e. The van der Waals surface area contributed by atoms with E-state index in [-0.39, 0.29) is 43.3 Å². The molecule has 16 aromatic rings. The Hall–Kier alpha value is -13.1. The van der Waals surface area contributed by atoms with Crippen molar-refractivity contribution in [2.45, 2.75) is 229 Å². The predicted molar refractivity (Wildman–Crippen MR) is 575 cm³/mol. The molecule has 1 spiro atoms. The highest BCUT2D eigenvalue weighted by atomic mass is 32.3. The zero-order valence-electron chi connectivity index (χ0n) is 83.2. The molecular formula is C128H132N4OS. The molecule has 0 atom stereocenters. The van der Waals surface area contributed by atoms with Gasteiger partial charge in [-0.15, -0.1) is 0 Å². The Morgan fingerprint density at radius 1 is 0.149 bits per heavy atom. The van der Waals surface area contributed by atoms with Crippen molar-refractivity contribution < 1.29 is 4.21 Å². The van der Waals surface area contributed by atoms with Gasteiger partial charge in [-0.1, -0.05) is 360 Å². The molecule has 0 N–H and O–H groups in total. The molecule has 0 unspecified atom stereocenters. The van der Waals surface area contributed by atoms with E-state index in [1.807, 2.05) is 0 Å². The van der Waals surface area contributed by atoms with Crippen molar-refractivity contribution in [1.29, 1.82) is 0 Å². The van der Waals surface area contributed by atoms with Crippen LogP contribution in [0.25, 0.3) is 66.8 Å². The molecule has 0 fully saturated rings. The molecule has 5 nitrogen and oxygen atoms in total. The van der Waals surface area contributed by atoms with Crippen molar-refractivity contribution in [3.8, 4) is 66.8 Å². The number of hydrogen-bond acceptors (Lipinski definition) is 5. The molecule has 18 rings (SSSR count). The van der Waals surface area contributed by atoms with Gasteiger partial charge in [-0.05, 0) is 324 Å². The first kappa shape index (κ1) is 91.4. The summed E-state index contributed by atoms with van der Waals surface area (Å²) in [6.07, 6.45) is 0. The van der Waals surface area contributed by atoms with Crippen molar-refractivity contribution in [2.75, 3.05) is 19.6 Å². The van der Waals surface area contributed by atoms with Gasteiger partial charge in [0.25, 0.3) is 0 Å². The molecule has 16 aromatic carbocycles. The van der Waals surface area contributed by atoms with Crippen LogP contribution in [0.4, 0.5) is 68.2 Å². The second kappa shape index (κ2) is 33.5. The van der Waals surface area contributed by atoms with Crippen LogP contribution < -0.4 is 19.6 Å². The maximum Gasteiger partial charge on any atom is 0.0467 e. The van der Waals surface area contributed by atoms with Crippen LogP contribution in [-0.4, -0.2) is 4.21 Å². The monoisotopic (exact) mass is 1770 g/mol. The molecule has 134 heavy (non-hydrogen) atoms. The lowest BCUT2D eigenvalue weighted by molar-refractivity contribution is 0.590. The third-order valence-corrected chi connectivity index (χ3v) is 32.6. The fourth-order valence-electron chi connectivity index (χ4n) is 19.6. The van der Waals surface area contributed by atoms with Gasteiger partial charge >= 0.3 is 0 Å². The minimum absolute atomic E-state index is 0.0200. The Morgan fingerprint density at radius 3 is 0.463 bits per heavy atom. The molecule has 0 amide bonds. The summed E-state index contributed by atoms with van der Waals surface area (Å²) >= 11 is 0. The standard InChI is InChI=1S/C128H132N4OS/c1-121(2,3)93-40-58-102(59-41-93)129(103-60-42-94(43-61-103)122(4,5)6)101-56-34-85(35-57-101)89-36-74-113-114-75-37-90(86-28-25-31-110(78-86)130(104-62-44-95(45-63-104)123(7,8)9)105-64-46-96(47-65-105)124(10,11)12)82-118(114)134(133,117(113)81-89)119-83-91(87-29-26-32-111(79-87)131(106-66-48-97(49-67-106)125(13,14)15)107-68-50-98(51-69-107)126(16,17)18)38-76-115(119)116-77-39-92(84-120(116)134)88-30-27-33-112(80-88)132(108-70-52-99(53-71-108)127(19,20)21)109-72-54-100(55-73-109)128(22,23)24/h25-84H,1-24H3. The van der Waals surface area contributed by atoms with Crippen LogP contribution in [-0.2, 0) is 52.4 Å². The van der Waals surface area contributed by atoms with E-state index in [2.05, 4.69) is 550 Å². The quantitative estimate of drug-likeness (QED) is 0.0962. The van der Waals surface area contributed by atoms with Crippen molar-refractivity contribution in [1.82, 2.24) is 0 Å². The third-order valence-electron chi connectivity index (χ3n) is 27.9. The highest BCUT2D eigenvalue weighted by Gasteiger charge is 2.58. The van der Waals surface area contributed by atoms with Gasteiger partial charge in [-0.3, -0.25) is 4.21 Å². The molecule has 6 heteroatoms. The van der Waals surface area contributed by atoms with Crippen molar-refractivity contribution in [3.05, 3.63) is 408 Å². The Bertz CT molecular complexity index is 6470. The zero-order chi connectivity index (χ0) is 95.0. The Morgan fingerprint density at radius 2 is 0.291 bits per heavy atom. The SMILES string of the molecule is CC(C)(C)c1ccc(N(c2ccc(-c3ccc4c(c3)S3(=O)(c5cc(-c6cccc(N(c7ccc(C(C)(C)C)cc7)c7ccc(C(C)(C)C)cc7)c6)ccc5-4)c4cc(-c5cccc(N(c6ccc(C(C)(C)C)cc6)c6ccc(C(C)(C)C)cc6)c5)ccc4-c4ccc(-c5cccc(N(c6ccc(C(C)(C)C)cc6)c6ccc(C(C)(C)C)cc6)c5)cc43)cc2)c2ccc(C(C)(C)C)cc2)cc1. The summed E-state index contributed by atoms with van der Waals surface area (Å²) in [6, 6.07) is 136. The van der Waals surface area contributed by atoms with Gasteiger partial charge in [0, 0.05) is 96.9 Å². The van der Waals surface area contributed by atoms with Crippen molar-refractivity contribution in [3.63, 3.8) is 0 Å². The second-order valence-electron chi connectivity index (χ2n) is 45.7. The largest absolute Gasteiger partial charge is 0.311 e. The second-order valence-corrected chi connectivity index (χ2v) is 49.4. The average molecular weight is 1770 g/mol. The van der Waals surface area contributed by atoms with Crippen LogP contribution in [0.5, 0.6) is 0 Å². The summed E-state index contributed by atoms with van der Waals surface area (Å²) in [5, 5.41) is 0. The summed E-state index contributed by atoms with van der Waals surface area (Å²) < 4.78 is 20.8. The van der Waals surface area contributed by atoms with Gasteiger partial charge in [0.15, 0.2) is 0 Å². The molecule has 0 bridgehead atoms. The number of anilines is 12. The summed E-state index contributed by atoms with van der Waals surface area (Å²) in [4.78, 5) is 12.7. The first-order chi connectivity index (χ1) is 63.3. The molecule has 0 aromatic heterocycles. The molecule has 2 aliphatic rings. The van der Waals surface area contributed by atoms with E-state index >= 15 is 4.21 Å². The van der Waals surface area contributed by atoms with Gasteiger partial charge in [0.2, 0.25) is 0 Å². The highest BCUT2D eigenvalue weighted by molar-refractivity contribution is 8.21. The maximum absolute atomic E-state index is 20.8. The predicted octanol–water partition coefficient (Wildman–Crippen LogP) is 36.9. The fraction of sp³-hybridized carbons (Fsp3) is 0.250. The van der Waals surface area contributed by atoms with E-state index in [1.165, 1.54) is 44.5 Å². The van der Waals surface area contributed by atoms with Gasteiger partial charge < -0.3 is 19.6 Å². The van der Waals surface area contributed by atoms with Gasteiger partial charge in [0.1, 0.15) is 0 Å². The van der Waals surface area contributed by atoms with Crippen LogP contribution in [0, 0.1) is 0 Å². The summed E-state index contributed by atoms with van der Waals surface area (Å²) in [5.74, 6) is 0. The first-order valence-corrected chi connectivity index (χ1v) is 49.9. The van der Waals surface area contributed by atoms with Crippen molar-refractivity contribution in [2.24, 2.45) is 0 Å². The summed E-state index contributed by atoms with van der Waals surface area (Å²) in [5.41, 5.74) is 34.1. The van der Waals surface area contributed by atoms with Crippen molar-refractivity contribution >= 4 is 77.3 Å². The third kappa shape index (κ3) is 17.1. The molecule has 0 aliphatic carbocycles. The smallest absolute Gasteiger partial charge is 0.0467 e. The van der Waals surface area contributed by atoms with Gasteiger partial charge in [-0.2, -0.15) is 0 Å². The van der Waals surface area contributed by atoms with E-state index in [1.54, 1.807) is 0 Å². The lowest BCUT2D eigenvalue weighted by Gasteiger charge is -2.39. The Balaban J connectivity index is 0.875. The number of benzene rings is 16. The lowest BCUT2D eigenvalue weighted by atomic mass is 9.86. The minimum atomic E-state index is -4.93. The van der Waals surface area contributed by atoms with Crippen LogP contribution in [0.3, 0.4) is 0 Å². The topological polar surface area (TPSA) is 30.0 Å². The number of fused-ring (bicyclic) bond motifs is 10. The average Bonchev–Trinajstić information content (AvgIpc) is 1.46. The summed E-state index contributed by atoms with van der Waals surface area (Å²) in [6.45, 7) is 54.6. The molecule has 0 saturated heterocycles. The van der Waals surface area contributed by atoms with E-state index in [0.717, 1.165) is 155 Å². The van der Waals surface area contributed by atoms with E-state index < -0.39 is 9.07 Å². The van der Waals surface area contributed by atoms with E-state index in [0.29, 0.717) is 0 Å². The van der Waals surface area contributed by atoms with E-state index in [9.17, 15) is 0 Å². The molecule has 2 aliphatic heterocycles. The highest BCUT2D eigenvalue weighted by Crippen LogP contribution is 2.72. The molecule has 0 saturated carbocycles. The summed E-state index contributed by atoms with van der Waals surface area (Å²) in [7, 11) is -4.93. The Labute approximate surface area is 799 Å². The number of hydrogen-bond donors (Lipinski definition) is 0. The molecular weight excluding hydrogens is 1640 g/mol. The van der Waals surface area contributed by atoms with Crippen LogP contribution >= 0.6 is 0 Å². The van der Waals surface area contributed by atoms with Gasteiger partial charge in [0.05, 0.1) is 0 Å². The molecule has 0 radical (unpaired) electrons. The number of rotatable bonds is 16.